The van der Waals surface area contributed by atoms with Crippen LogP contribution in [0.3, 0.4) is 0 Å². The first-order valence-electron chi connectivity index (χ1n) is 10.9. The fourth-order valence-electron chi connectivity index (χ4n) is 3.38. The molecular formula is C27H33F2NO2. The Morgan fingerprint density at radius 3 is 2.00 bits per heavy atom. The maximum Gasteiger partial charge on any atom is 0.165 e. The summed E-state index contributed by atoms with van der Waals surface area (Å²) in [4.78, 5) is 4.34. The van der Waals surface area contributed by atoms with Gasteiger partial charge >= 0.3 is 0 Å². The van der Waals surface area contributed by atoms with Crippen molar-refractivity contribution in [2.24, 2.45) is 0 Å². The van der Waals surface area contributed by atoms with Crippen LogP contribution in [0.1, 0.15) is 66.5 Å². The summed E-state index contributed by atoms with van der Waals surface area (Å²) in [6, 6.07) is 9.99. The second-order valence-corrected chi connectivity index (χ2v) is 11.0. The molecule has 1 heterocycles. The first-order valence-corrected chi connectivity index (χ1v) is 10.9. The molecule has 0 N–H and O–H groups in total. The Morgan fingerprint density at radius 2 is 1.38 bits per heavy atom. The van der Waals surface area contributed by atoms with Crippen molar-refractivity contribution in [3.8, 4) is 11.5 Å². The topological polar surface area (TPSA) is 31.4 Å². The van der Waals surface area contributed by atoms with Gasteiger partial charge in [-0.25, -0.2) is 8.78 Å². The van der Waals surface area contributed by atoms with Crippen molar-refractivity contribution >= 4 is 10.9 Å². The quantitative estimate of drug-likeness (QED) is 0.415. The van der Waals surface area contributed by atoms with Crippen LogP contribution in [0.5, 0.6) is 11.5 Å². The lowest BCUT2D eigenvalue weighted by Gasteiger charge is -2.29. The second-order valence-electron chi connectivity index (χ2n) is 11.0. The lowest BCUT2D eigenvalue weighted by atomic mass is 9.86. The fraction of sp³-hybridized carbons (Fsp3) is 0.444. The molecule has 0 aliphatic heterocycles. The molecule has 0 radical (unpaired) electrons. The van der Waals surface area contributed by atoms with E-state index in [1.54, 1.807) is 12.1 Å². The highest BCUT2D eigenvalue weighted by molar-refractivity contribution is 5.86. The van der Waals surface area contributed by atoms with Gasteiger partial charge in [0, 0.05) is 6.20 Å². The highest BCUT2D eigenvalue weighted by atomic mass is 19.1. The van der Waals surface area contributed by atoms with E-state index in [0.717, 1.165) is 11.1 Å². The van der Waals surface area contributed by atoms with Gasteiger partial charge in [-0.1, -0.05) is 47.6 Å². The number of aromatic nitrogens is 1. The molecule has 0 amide bonds. The monoisotopic (exact) mass is 441 g/mol. The van der Waals surface area contributed by atoms with Crippen LogP contribution in [0, 0.1) is 11.6 Å². The van der Waals surface area contributed by atoms with Gasteiger partial charge in [-0.2, -0.15) is 0 Å². The van der Waals surface area contributed by atoms with Gasteiger partial charge in [0.05, 0.1) is 10.9 Å². The molecule has 3 aromatic rings. The van der Waals surface area contributed by atoms with Crippen LogP contribution in [-0.4, -0.2) is 17.2 Å². The number of nitrogens with zero attached hydrogens (tertiary/aromatic N) is 1. The van der Waals surface area contributed by atoms with Gasteiger partial charge in [0.1, 0.15) is 23.8 Å². The summed E-state index contributed by atoms with van der Waals surface area (Å²) >= 11 is 0. The van der Waals surface area contributed by atoms with Gasteiger partial charge in [-0.3, -0.25) is 4.98 Å². The van der Waals surface area contributed by atoms with Crippen molar-refractivity contribution in [3.05, 3.63) is 65.4 Å². The molecule has 0 fully saturated rings. The van der Waals surface area contributed by atoms with E-state index in [9.17, 15) is 8.78 Å². The van der Waals surface area contributed by atoms with Crippen LogP contribution in [0.2, 0.25) is 0 Å². The van der Waals surface area contributed by atoms with E-state index in [1.807, 2.05) is 26.0 Å². The number of fused-ring (bicyclic) bond motifs is 1. The lowest BCUT2D eigenvalue weighted by Crippen LogP contribution is -2.36. The molecule has 172 valence electrons. The third-order valence-corrected chi connectivity index (χ3v) is 5.38. The van der Waals surface area contributed by atoms with Crippen LogP contribution >= 0.6 is 0 Å². The molecular weight excluding hydrogens is 408 g/mol. The third-order valence-electron chi connectivity index (χ3n) is 5.38. The van der Waals surface area contributed by atoms with Gasteiger partial charge in [0.15, 0.2) is 11.6 Å². The molecule has 0 aliphatic rings. The van der Waals surface area contributed by atoms with Gasteiger partial charge in [-0.05, 0) is 66.1 Å². The molecule has 0 bridgehead atoms. The van der Waals surface area contributed by atoms with Crippen LogP contribution in [0.4, 0.5) is 8.78 Å². The van der Waals surface area contributed by atoms with Gasteiger partial charge in [-0.15, -0.1) is 0 Å². The number of hydrogen-bond acceptors (Lipinski definition) is 3. The minimum absolute atomic E-state index is 0.0840. The van der Waals surface area contributed by atoms with E-state index in [1.165, 1.54) is 18.3 Å². The molecule has 1 aromatic heterocycles. The van der Waals surface area contributed by atoms with E-state index >= 15 is 0 Å². The zero-order valence-electron chi connectivity index (χ0n) is 20.3. The molecule has 32 heavy (non-hydrogen) atoms. The average molecular weight is 442 g/mol. The van der Waals surface area contributed by atoms with Crippen molar-refractivity contribution < 1.29 is 18.3 Å². The molecule has 0 saturated heterocycles. The number of pyridine rings is 1. The summed E-state index contributed by atoms with van der Waals surface area (Å²) in [7, 11) is 0. The SMILES string of the molecule is CC(C)(COc1cc(C(C)(C)C)ccc1F)Oc1cc(C(C)(C)C)cc2nccc(F)c12. The zero-order valence-corrected chi connectivity index (χ0v) is 20.3. The summed E-state index contributed by atoms with van der Waals surface area (Å²) in [6.07, 6.45) is 1.45. The van der Waals surface area contributed by atoms with E-state index in [4.69, 9.17) is 9.47 Å². The van der Waals surface area contributed by atoms with Crippen LogP contribution in [0.25, 0.3) is 10.9 Å². The summed E-state index contributed by atoms with van der Waals surface area (Å²) in [5, 5.41) is 0.328. The summed E-state index contributed by atoms with van der Waals surface area (Å²) in [5.74, 6) is -0.249. The summed E-state index contributed by atoms with van der Waals surface area (Å²) < 4.78 is 41.2. The standard InChI is InChI=1S/C27H33F2NO2/c1-25(2,3)17-9-10-19(28)22(14-17)31-16-27(7,8)32-23-15-18(26(4,5)6)13-21-24(23)20(29)11-12-30-21/h9-15H,16H2,1-8H3. The van der Waals surface area contributed by atoms with Crippen LogP contribution in [0.15, 0.2) is 42.6 Å². The molecule has 0 saturated carbocycles. The number of halogens is 2. The number of benzene rings is 2. The minimum atomic E-state index is -0.851. The van der Waals surface area contributed by atoms with E-state index in [2.05, 4.69) is 46.5 Å². The van der Waals surface area contributed by atoms with E-state index in [-0.39, 0.29) is 23.2 Å². The first-order chi connectivity index (χ1) is 14.7. The molecule has 0 unspecified atom stereocenters. The van der Waals surface area contributed by atoms with Crippen LogP contribution < -0.4 is 9.47 Å². The Balaban J connectivity index is 1.92. The van der Waals surface area contributed by atoms with Crippen molar-refractivity contribution in [1.29, 1.82) is 0 Å². The minimum Gasteiger partial charge on any atom is -0.486 e. The van der Waals surface area contributed by atoms with E-state index < -0.39 is 17.2 Å². The highest BCUT2D eigenvalue weighted by Crippen LogP contribution is 2.36. The zero-order chi connectivity index (χ0) is 23.9. The van der Waals surface area contributed by atoms with Crippen LogP contribution in [-0.2, 0) is 10.8 Å². The average Bonchev–Trinajstić information content (AvgIpc) is 2.65. The predicted molar refractivity (Wildman–Crippen MR) is 126 cm³/mol. The molecule has 0 spiro atoms. The Labute approximate surface area is 189 Å². The third kappa shape index (κ3) is 5.37. The largest absolute Gasteiger partial charge is 0.486 e. The van der Waals surface area contributed by atoms with Gasteiger partial charge < -0.3 is 9.47 Å². The smallest absolute Gasteiger partial charge is 0.165 e. The predicted octanol–water partition coefficient (Wildman–Crippen LogP) is 7.34. The van der Waals surface area contributed by atoms with Crippen molar-refractivity contribution in [2.45, 2.75) is 71.8 Å². The van der Waals surface area contributed by atoms with Gasteiger partial charge in [0.25, 0.3) is 0 Å². The Morgan fingerprint density at radius 1 is 0.750 bits per heavy atom. The molecule has 3 nitrogen and oxygen atoms in total. The Bertz CT molecular complexity index is 1120. The fourth-order valence-corrected chi connectivity index (χ4v) is 3.38. The first kappa shape index (κ1) is 24.0. The molecule has 2 aromatic carbocycles. The highest BCUT2D eigenvalue weighted by Gasteiger charge is 2.26. The Hall–Kier alpha value is -2.69. The molecule has 3 rings (SSSR count). The Kier molecular flexibility index (Phi) is 6.25. The van der Waals surface area contributed by atoms with E-state index in [0.29, 0.717) is 16.7 Å². The second kappa shape index (κ2) is 8.34. The summed E-state index contributed by atoms with van der Waals surface area (Å²) in [6.45, 7) is 16.2. The molecule has 0 aliphatic carbocycles. The number of ether oxygens (including phenoxy) is 2. The van der Waals surface area contributed by atoms with Gasteiger partial charge in [0.2, 0.25) is 0 Å². The number of rotatable bonds is 5. The van der Waals surface area contributed by atoms with Crippen molar-refractivity contribution in [2.75, 3.05) is 6.61 Å². The summed E-state index contributed by atoms with van der Waals surface area (Å²) in [5.41, 5.74) is 1.35. The van der Waals surface area contributed by atoms with Crippen molar-refractivity contribution in [3.63, 3.8) is 0 Å². The molecule has 5 heteroatoms. The maximum atomic E-state index is 14.7. The number of hydrogen-bond donors (Lipinski definition) is 0. The normalized spacial score (nSPS) is 12.8. The maximum absolute atomic E-state index is 14.7. The lowest BCUT2D eigenvalue weighted by molar-refractivity contribution is 0.0516. The van der Waals surface area contributed by atoms with Crippen molar-refractivity contribution in [1.82, 2.24) is 4.98 Å². The molecule has 0 atom stereocenters.